The molecule has 1 aromatic carbocycles. The number of aryl methyl sites for hydroxylation is 1. The van der Waals surface area contributed by atoms with Crippen molar-refractivity contribution in [2.24, 2.45) is 0 Å². The maximum Gasteiger partial charge on any atom is 0.385 e. The zero-order chi connectivity index (χ0) is 13.7. The molecule has 2 aromatic heterocycles. The lowest BCUT2D eigenvalue weighted by Gasteiger charge is -2.05. The minimum atomic E-state index is 0.331. The molecule has 0 spiro atoms. The van der Waals surface area contributed by atoms with E-state index < -0.39 is 0 Å². The molecule has 2 nitrogen and oxygen atoms in total. The lowest BCUT2D eigenvalue weighted by atomic mass is 10.1. The molecule has 0 fully saturated rings. The second-order valence-electron chi connectivity index (χ2n) is 4.72. The molecule has 0 saturated heterocycles. The highest BCUT2D eigenvalue weighted by Crippen LogP contribution is 2.44. The summed E-state index contributed by atoms with van der Waals surface area (Å²) in [5.41, 5.74) is 2.28. The molecule has 0 aliphatic carbocycles. The van der Waals surface area contributed by atoms with Crippen LogP contribution in [0.15, 0.2) is 35.7 Å². The third-order valence-corrected chi connectivity index (χ3v) is 6.21. The normalized spacial score (nSPS) is 13.1. The fraction of sp³-hybridized carbons (Fsp3) is 0.133. The molecule has 1 N–H and O–H groups in total. The van der Waals surface area contributed by atoms with Crippen LogP contribution >= 0.6 is 34.3 Å². The quantitative estimate of drug-likeness (QED) is 0.662. The maximum atomic E-state index is 10.5. The first-order valence-electron chi connectivity index (χ1n) is 6.33. The maximum absolute atomic E-state index is 10.5. The monoisotopic (exact) mass is 320 g/mol. The first-order chi connectivity index (χ1) is 9.75. The SMILES string of the molecule is Oc1c(-c2ccccc2Cl)sc2[n+]1CCc1ccsc1-2. The highest BCUT2D eigenvalue weighted by atomic mass is 35.5. The summed E-state index contributed by atoms with van der Waals surface area (Å²) in [7, 11) is 0. The Morgan fingerprint density at radius 2 is 2.00 bits per heavy atom. The lowest BCUT2D eigenvalue weighted by Crippen LogP contribution is -2.37. The van der Waals surface area contributed by atoms with Crippen molar-refractivity contribution in [1.29, 1.82) is 0 Å². The molecule has 4 rings (SSSR count). The molecule has 0 amide bonds. The number of aromatic nitrogens is 1. The fourth-order valence-corrected chi connectivity index (χ4v) is 5.22. The second kappa shape index (κ2) is 4.58. The Morgan fingerprint density at radius 3 is 2.85 bits per heavy atom. The molecule has 1 aliphatic rings. The van der Waals surface area contributed by atoms with Crippen molar-refractivity contribution in [2.75, 3.05) is 0 Å². The number of thiazole rings is 1. The van der Waals surface area contributed by atoms with Gasteiger partial charge in [-0.15, -0.1) is 15.9 Å². The zero-order valence-electron chi connectivity index (χ0n) is 10.5. The molecule has 0 bridgehead atoms. The van der Waals surface area contributed by atoms with E-state index in [9.17, 15) is 5.11 Å². The van der Waals surface area contributed by atoms with Crippen LogP contribution in [0.25, 0.3) is 20.3 Å². The van der Waals surface area contributed by atoms with E-state index in [1.165, 1.54) is 10.4 Å². The van der Waals surface area contributed by atoms with Gasteiger partial charge < -0.3 is 5.11 Å². The van der Waals surface area contributed by atoms with Gasteiger partial charge in [-0.2, -0.15) is 0 Å². The average Bonchev–Trinajstić information content (AvgIpc) is 3.04. The molecule has 100 valence electrons. The highest BCUT2D eigenvalue weighted by molar-refractivity contribution is 7.22. The summed E-state index contributed by atoms with van der Waals surface area (Å²) in [6, 6.07) is 9.84. The summed E-state index contributed by atoms with van der Waals surface area (Å²) in [6.45, 7) is 0.825. The van der Waals surface area contributed by atoms with Crippen LogP contribution in [0, 0.1) is 0 Å². The van der Waals surface area contributed by atoms with Crippen molar-refractivity contribution in [3.05, 3.63) is 46.3 Å². The highest BCUT2D eigenvalue weighted by Gasteiger charge is 2.34. The van der Waals surface area contributed by atoms with Crippen molar-refractivity contribution < 1.29 is 9.67 Å². The first kappa shape index (κ1) is 12.4. The van der Waals surface area contributed by atoms with Gasteiger partial charge in [0.25, 0.3) is 5.01 Å². The average molecular weight is 321 g/mol. The topological polar surface area (TPSA) is 24.1 Å². The fourth-order valence-electron chi connectivity index (χ4n) is 2.57. The largest absolute Gasteiger partial charge is 0.459 e. The summed E-state index contributed by atoms with van der Waals surface area (Å²) in [4.78, 5) is 2.13. The van der Waals surface area contributed by atoms with E-state index in [-0.39, 0.29) is 0 Å². The summed E-state index contributed by atoms with van der Waals surface area (Å²) >= 11 is 9.61. The van der Waals surface area contributed by atoms with Gasteiger partial charge in [-0.1, -0.05) is 41.1 Å². The molecule has 0 atom stereocenters. The van der Waals surface area contributed by atoms with Gasteiger partial charge in [0.1, 0.15) is 4.88 Å². The van der Waals surface area contributed by atoms with Crippen molar-refractivity contribution in [2.45, 2.75) is 13.0 Å². The summed E-state index contributed by atoms with van der Waals surface area (Å²) < 4.78 is 2.00. The van der Waals surface area contributed by atoms with Crippen molar-refractivity contribution in [3.63, 3.8) is 0 Å². The van der Waals surface area contributed by atoms with Gasteiger partial charge in [0, 0.05) is 17.0 Å². The number of hydrogen-bond donors (Lipinski definition) is 1. The Balaban J connectivity index is 1.96. The van der Waals surface area contributed by atoms with Gasteiger partial charge >= 0.3 is 5.88 Å². The molecule has 3 aromatic rings. The summed E-state index contributed by atoms with van der Waals surface area (Å²) in [6.07, 6.45) is 0.975. The van der Waals surface area contributed by atoms with Crippen molar-refractivity contribution in [1.82, 2.24) is 0 Å². The van der Waals surface area contributed by atoms with E-state index in [4.69, 9.17) is 11.6 Å². The Labute approximate surface area is 129 Å². The second-order valence-corrected chi connectivity index (χ2v) is 7.04. The van der Waals surface area contributed by atoms with E-state index in [0.717, 1.165) is 28.4 Å². The number of halogens is 1. The molecular weight excluding hydrogens is 310 g/mol. The van der Waals surface area contributed by atoms with E-state index in [1.54, 1.807) is 22.7 Å². The van der Waals surface area contributed by atoms with E-state index >= 15 is 0 Å². The Kier molecular flexibility index (Phi) is 2.84. The molecule has 0 radical (unpaired) electrons. The standard InChI is InChI=1S/C15H10ClNOS2/c16-11-4-2-1-3-10(11)13-14(18)17-7-5-9-6-8-19-12(9)15(17)20-13/h1-4,6,8H,5,7H2/p+1. The molecule has 5 heteroatoms. The molecule has 1 aliphatic heterocycles. The van der Waals surface area contributed by atoms with Crippen molar-refractivity contribution >= 4 is 34.3 Å². The van der Waals surface area contributed by atoms with Crippen LogP contribution in [0.2, 0.25) is 5.02 Å². The first-order valence-corrected chi connectivity index (χ1v) is 8.40. The van der Waals surface area contributed by atoms with E-state index in [1.807, 2.05) is 28.8 Å². The minimum absolute atomic E-state index is 0.331. The van der Waals surface area contributed by atoms with Crippen LogP contribution < -0.4 is 4.57 Å². The minimum Gasteiger partial charge on any atom is -0.459 e. The van der Waals surface area contributed by atoms with Crippen LogP contribution in [0.5, 0.6) is 5.88 Å². The van der Waals surface area contributed by atoms with Gasteiger partial charge in [-0.25, -0.2) is 0 Å². The third-order valence-electron chi connectivity index (χ3n) is 3.57. The summed E-state index contributed by atoms with van der Waals surface area (Å²) in [5, 5.41) is 14.5. The number of fused-ring (bicyclic) bond motifs is 3. The number of thiophene rings is 1. The Morgan fingerprint density at radius 1 is 1.15 bits per heavy atom. The van der Waals surface area contributed by atoms with Gasteiger partial charge in [0.2, 0.25) is 0 Å². The Bertz CT molecular complexity index is 806. The van der Waals surface area contributed by atoms with E-state index in [2.05, 4.69) is 11.4 Å². The predicted molar refractivity (Wildman–Crippen MR) is 83.6 cm³/mol. The van der Waals surface area contributed by atoms with Crippen LogP contribution in [0.1, 0.15) is 5.56 Å². The zero-order valence-corrected chi connectivity index (χ0v) is 12.9. The van der Waals surface area contributed by atoms with E-state index in [0.29, 0.717) is 10.9 Å². The molecule has 3 heterocycles. The molecule has 0 unspecified atom stereocenters. The van der Waals surface area contributed by atoms with Gasteiger partial charge in [0.15, 0.2) is 11.4 Å². The number of nitrogens with zero attached hydrogens (tertiary/aromatic N) is 1. The van der Waals surface area contributed by atoms with Crippen LogP contribution in [0.3, 0.4) is 0 Å². The number of benzene rings is 1. The third kappa shape index (κ3) is 1.72. The van der Waals surface area contributed by atoms with Gasteiger partial charge in [-0.05, 0) is 23.1 Å². The summed E-state index contributed by atoms with van der Waals surface area (Å²) in [5.74, 6) is 0.331. The molecule has 0 saturated carbocycles. The van der Waals surface area contributed by atoms with Crippen LogP contribution in [-0.2, 0) is 13.0 Å². The van der Waals surface area contributed by atoms with Gasteiger partial charge in [-0.3, -0.25) is 0 Å². The predicted octanol–water partition coefficient (Wildman–Crippen LogP) is 4.35. The number of rotatable bonds is 1. The van der Waals surface area contributed by atoms with Gasteiger partial charge in [0.05, 0.1) is 0 Å². The molecular formula is C15H11ClNOS2+. The van der Waals surface area contributed by atoms with Crippen molar-refractivity contribution in [3.8, 4) is 26.2 Å². The van der Waals surface area contributed by atoms with Crippen LogP contribution in [-0.4, -0.2) is 5.11 Å². The smallest absolute Gasteiger partial charge is 0.385 e. The lowest BCUT2D eigenvalue weighted by molar-refractivity contribution is -0.688. The molecule has 20 heavy (non-hydrogen) atoms. The number of hydrogen-bond acceptors (Lipinski definition) is 3. The number of aromatic hydroxyl groups is 1. The van der Waals surface area contributed by atoms with Crippen LogP contribution in [0.4, 0.5) is 0 Å². The Hall–Kier alpha value is -1.36.